The molecular weight excluding hydrogens is 146 g/mol. The summed E-state index contributed by atoms with van der Waals surface area (Å²) in [5, 5.41) is 3.67. The van der Waals surface area contributed by atoms with Crippen molar-refractivity contribution in [3.63, 3.8) is 0 Å². The van der Waals surface area contributed by atoms with Gasteiger partial charge >= 0.3 is 0 Å². The fraction of sp³-hybridized carbons (Fsp3) is 0.857. The number of unbranched alkanes of at least 4 members (excludes halogenated alkanes) is 1. The van der Waals surface area contributed by atoms with Crippen LogP contribution in [0.2, 0.25) is 0 Å². The zero-order valence-corrected chi connectivity index (χ0v) is 7.04. The van der Waals surface area contributed by atoms with Gasteiger partial charge in [0.05, 0.1) is 6.04 Å². The van der Waals surface area contributed by atoms with Gasteiger partial charge in [-0.05, 0) is 18.6 Å². The smallest absolute Gasteiger partial charge is 0.257 e. The molecule has 0 aromatic rings. The predicted molar refractivity (Wildman–Crippen MR) is 45.0 cm³/mol. The van der Waals surface area contributed by atoms with Crippen LogP contribution in [0, 0.1) is 0 Å². The average molecular weight is 159 g/mol. The fourth-order valence-electron chi connectivity index (χ4n) is 1.03. The molecule has 1 saturated heterocycles. The third-order valence-corrected chi connectivity index (χ3v) is 1.88. The Kier molecular flexibility index (Phi) is 2.93. The van der Waals surface area contributed by atoms with Crippen molar-refractivity contribution in [3.05, 3.63) is 0 Å². The molecule has 0 bridgehead atoms. The lowest BCUT2D eigenvalue weighted by atomic mass is 10.1. The molecule has 1 fully saturated rings. The average Bonchev–Trinajstić information content (AvgIpc) is 2.31. The number of nitrogens with one attached hydrogen (secondary N) is 1. The molecule has 0 amide bonds. The van der Waals surface area contributed by atoms with Crippen LogP contribution in [0.1, 0.15) is 26.2 Å². The first kappa shape index (κ1) is 7.79. The minimum absolute atomic E-state index is 0.479. The highest BCUT2D eigenvalue weighted by Gasteiger charge is 2.17. The summed E-state index contributed by atoms with van der Waals surface area (Å²) in [5.41, 5.74) is 0. The minimum atomic E-state index is 0.479. The van der Waals surface area contributed by atoms with Crippen molar-refractivity contribution < 1.29 is 4.74 Å². The van der Waals surface area contributed by atoms with Gasteiger partial charge in [0.15, 0.2) is 0 Å². The molecule has 1 rings (SSSR count). The Morgan fingerprint density at radius 3 is 3.10 bits per heavy atom. The van der Waals surface area contributed by atoms with Crippen LogP contribution in [0.5, 0.6) is 0 Å². The first-order valence-corrected chi connectivity index (χ1v) is 4.17. The lowest BCUT2D eigenvalue weighted by molar-refractivity contribution is 0.324. The molecule has 1 heterocycles. The van der Waals surface area contributed by atoms with Gasteiger partial charge in [0, 0.05) is 0 Å². The Labute approximate surface area is 66.9 Å². The van der Waals surface area contributed by atoms with Crippen LogP contribution < -0.4 is 5.32 Å². The van der Waals surface area contributed by atoms with Gasteiger partial charge in [-0.15, -0.1) is 0 Å². The van der Waals surface area contributed by atoms with Crippen molar-refractivity contribution in [3.8, 4) is 0 Å². The molecule has 0 radical (unpaired) electrons. The highest BCUT2D eigenvalue weighted by atomic mass is 32.1. The predicted octanol–water partition coefficient (Wildman–Crippen LogP) is 1.45. The highest BCUT2D eigenvalue weighted by molar-refractivity contribution is 7.80. The summed E-state index contributed by atoms with van der Waals surface area (Å²) in [7, 11) is 0. The molecule has 2 nitrogen and oxygen atoms in total. The lowest BCUT2D eigenvalue weighted by Crippen LogP contribution is -2.25. The van der Waals surface area contributed by atoms with Gasteiger partial charge in [0.2, 0.25) is 0 Å². The highest BCUT2D eigenvalue weighted by Crippen LogP contribution is 2.06. The van der Waals surface area contributed by atoms with E-state index in [1.165, 1.54) is 19.3 Å². The summed E-state index contributed by atoms with van der Waals surface area (Å²) in [5.74, 6) is 0. The lowest BCUT2D eigenvalue weighted by Gasteiger charge is -2.04. The third kappa shape index (κ3) is 2.14. The van der Waals surface area contributed by atoms with E-state index in [2.05, 4.69) is 12.2 Å². The molecule has 58 valence electrons. The van der Waals surface area contributed by atoms with E-state index in [-0.39, 0.29) is 0 Å². The molecule has 0 saturated carbocycles. The molecular formula is C7H13NOS. The number of ether oxygens (including phenoxy) is 1. The van der Waals surface area contributed by atoms with Gasteiger partial charge in [-0.2, -0.15) is 0 Å². The van der Waals surface area contributed by atoms with E-state index in [0.29, 0.717) is 11.2 Å². The van der Waals surface area contributed by atoms with Crippen LogP contribution in [-0.4, -0.2) is 17.8 Å². The van der Waals surface area contributed by atoms with Crippen molar-refractivity contribution in [1.29, 1.82) is 0 Å². The third-order valence-electron chi connectivity index (χ3n) is 1.64. The molecule has 0 aliphatic carbocycles. The van der Waals surface area contributed by atoms with E-state index >= 15 is 0 Å². The second-order valence-corrected chi connectivity index (χ2v) is 2.95. The Balaban J connectivity index is 2.12. The Bertz CT molecular complexity index is 127. The summed E-state index contributed by atoms with van der Waals surface area (Å²) in [6, 6.07) is 0.479. The standard InChI is InChI=1S/C7H13NOS/c1-2-3-4-6-5-9-7(10)8-6/h6H,2-5H2,1H3,(H,8,10). The van der Waals surface area contributed by atoms with Gasteiger partial charge in [-0.3, -0.25) is 0 Å². The first-order chi connectivity index (χ1) is 4.83. The Morgan fingerprint density at radius 1 is 1.80 bits per heavy atom. The molecule has 1 atom stereocenters. The van der Waals surface area contributed by atoms with E-state index in [0.717, 1.165) is 6.61 Å². The molecule has 3 heteroatoms. The molecule has 0 aromatic heterocycles. The summed E-state index contributed by atoms with van der Waals surface area (Å²) in [6.45, 7) is 2.95. The van der Waals surface area contributed by atoms with Crippen LogP contribution in [0.15, 0.2) is 0 Å². The summed E-state index contributed by atoms with van der Waals surface area (Å²) in [6.07, 6.45) is 3.67. The number of hydrogen-bond acceptors (Lipinski definition) is 2. The van der Waals surface area contributed by atoms with Crippen molar-refractivity contribution in [1.82, 2.24) is 5.32 Å². The Hall–Kier alpha value is -0.310. The second-order valence-electron chi connectivity index (χ2n) is 2.58. The molecule has 1 N–H and O–H groups in total. The first-order valence-electron chi connectivity index (χ1n) is 3.76. The molecule has 1 aliphatic heterocycles. The van der Waals surface area contributed by atoms with E-state index < -0.39 is 0 Å². The summed E-state index contributed by atoms with van der Waals surface area (Å²) < 4.78 is 5.08. The van der Waals surface area contributed by atoms with Crippen molar-refractivity contribution >= 4 is 17.4 Å². The van der Waals surface area contributed by atoms with Gasteiger partial charge in [-0.25, -0.2) is 0 Å². The molecule has 0 aromatic carbocycles. The zero-order valence-electron chi connectivity index (χ0n) is 6.22. The van der Waals surface area contributed by atoms with Crippen LogP contribution in [-0.2, 0) is 4.74 Å². The van der Waals surface area contributed by atoms with Crippen molar-refractivity contribution in [2.75, 3.05) is 6.61 Å². The minimum Gasteiger partial charge on any atom is -0.469 e. The maximum atomic E-state index is 5.08. The molecule has 1 aliphatic rings. The summed E-state index contributed by atoms with van der Waals surface area (Å²) >= 11 is 4.81. The van der Waals surface area contributed by atoms with Crippen LogP contribution in [0.25, 0.3) is 0 Å². The maximum absolute atomic E-state index is 5.08. The van der Waals surface area contributed by atoms with E-state index in [4.69, 9.17) is 17.0 Å². The van der Waals surface area contributed by atoms with Crippen LogP contribution in [0.3, 0.4) is 0 Å². The van der Waals surface area contributed by atoms with Gasteiger partial charge in [0.25, 0.3) is 5.17 Å². The monoisotopic (exact) mass is 159 g/mol. The van der Waals surface area contributed by atoms with E-state index in [1.54, 1.807) is 0 Å². The second kappa shape index (κ2) is 3.76. The van der Waals surface area contributed by atoms with Gasteiger partial charge in [0.1, 0.15) is 6.61 Å². The molecule has 1 unspecified atom stereocenters. The number of hydrogen-bond donors (Lipinski definition) is 1. The van der Waals surface area contributed by atoms with Crippen LogP contribution in [0.4, 0.5) is 0 Å². The largest absolute Gasteiger partial charge is 0.469 e. The normalized spacial score (nSPS) is 24.1. The van der Waals surface area contributed by atoms with Gasteiger partial charge in [-0.1, -0.05) is 19.8 Å². The van der Waals surface area contributed by atoms with Crippen molar-refractivity contribution in [2.24, 2.45) is 0 Å². The van der Waals surface area contributed by atoms with Crippen molar-refractivity contribution in [2.45, 2.75) is 32.2 Å². The zero-order chi connectivity index (χ0) is 7.40. The maximum Gasteiger partial charge on any atom is 0.257 e. The number of rotatable bonds is 3. The van der Waals surface area contributed by atoms with E-state index in [1.807, 2.05) is 0 Å². The van der Waals surface area contributed by atoms with Crippen LogP contribution >= 0.6 is 12.2 Å². The summed E-state index contributed by atoms with van der Waals surface area (Å²) in [4.78, 5) is 0. The topological polar surface area (TPSA) is 21.3 Å². The number of thiocarbonyl (C=S) groups is 1. The molecule has 0 spiro atoms. The van der Waals surface area contributed by atoms with E-state index in [9.17, 15) is 0 Å². The van der Waals surface area contributed by atoms with Gasteiger partial charge < -0.3 is 10.1 Å². The SMILES string of the molecule is CCCCC1COC(=S)N1. The quantitative estimate of drug-likeness (QED) is 0.630. The molecule has 10 heavy (non-hydrogen) atoms. The Morgan fingerprint density at radius 2 is 2.60 bits per heavy atom. The fourth-order valence-corrected chi connectivity index (χ4v) is 1.27.